The molecule has 0 heterocycles. The highest BCUT2D eigenvalue weighted by Crippen LogP contribution is 2.45. The van der Waals surface area contributed by atoms with Gasteiger partial charge in [0.25, 0.3) is 0 Å². The Morgan fingerprint density at radius 2 is 0.471 bits per heavy atom. The molecule has 0 fully saturated rings. The van der Waals surface area contributed by atoms with E-state index in [1.807, 2.05) is 0 Å². The van der Waals surface area contributed by atoms with Crippen molar-refractivity contribution in [1.82, 2.24) is 0 Å². The van der Waals surface area contributed by atoms with Gasteiger partial charge in [0.2, 0.25) is 0 Å². The van der Waals surface area contributed by atoms with Crippen molar-refractivity contribution in [2.24, 2.45) is 11.8 Å². The van der Waals surface area contributed by atoms with Crippen molar-refractivity contribution in [3.05, 3.63) is 0 Å². The topological polar surface area (TPSA) is 237 Å². The fourth-order valence-electron chi connectivity index (χ4n) is 12.8. The predicted octanol–water partition coefficient (Wildman–Crippen LogP) is 25.1. The zero-order valence-corrected chi connectivity index (χ0v) is 68.7. The summed E-state index contributed by atoms with van der Waals surface area (Å²) in [4.78, 5) is 73.1. The van der Waals surface area contributed by atoms with Crippen LogP contribution in [0.2, 0.25) is 0 Å². The molecule has 0 radical (unpaired) electrons. The monoisotopic (exact) mass is 1490 g/mol. The van der Waals surface area contributed by atoms with Crippen LogP contribution in [0.5, 0.6) is 0 Å². The number of carbonyl (C=O) groups is 4. The van der Waals surface area contributed by atoms with Crippen LogP contribution in [-0.4, -0.2) is 96.7 Å². The Morgan fingerprint density at radius 1 is 0.275 bits per heavy atom. The molecule has 0 amide bonds. The van der Waals surface area contributed by atoms with E-state index in [0.717, 1.165) is 108 Å². The second kappa shape index (κ2) is 74.5. The van der Waals surface area contributed by atoms with Crippen LogP contribution in [0.1, 0.15) is 440 Å². The maximum absolute atomic E-state index is 13.1. The van der Waals surface area contributed by atoms with Gasteiger partial charge in [-0.25, -0.2) is 9.13 Å². The molecule has 0 saturated heterocycles. The number of phosphoric acid groups is 2. The lowest BCUT2D eigenvalue weighted by atomic mass is 9.99. The molecule has 0 aliphatic rings. The first-order chi connectivity index (χ1) is 49.4. The van der Waals surface area contributed by atoms with Gasteiger partial charge in [0.05, 0.1) is 26.4 Å². The van der Waals surface area contributed by atoms with Crippen molar-refractivity contribution in [3.8, 4) is 0 Å². The van der Waals surface area contributed by atoms with Gasteiger partial charge < -0.3 is 33.8 Å². The van der Waals surface area contributed by atoms with Crippen molar-refractivity contribution < 1.29 is 80.2 Å². The maximum atomic E-state index is 13.1. The third kappa shape index (κ3) is 73.6. The van der Waals surface area contributed by atoms with Gasteiger partial charge in [0, 0.05) is 25.7 Å². The maximum Gasteiger partial charge on any atom is 0.472 e. The van der Waals surface area contributed by atoms with Crippen LogP contribution < -0.4 is 0 Å². The van der Waals surface area contributed by atoms with E-state index < -0.39 is 97.5 Å². The normalized spacial score (nSPS) is 14.4. The van der Waals surface area contributed by atoms with Gasteiger partial charge in [0.1, 0.15) is 19.3 Å². The second-order valence-electron chi connectivity index (χ2n) is 30.4. The molecule has 17 nitrogen and oxygen atoms in total. The summed E-state index contributed by atoms with van der Waals surface area (Å²) in [5.74, 6) is -0.529. The van der Waals surface area contributed by atoms with Crippen LogP contribution in [0.3, 0.4) is 0 Å². The standard InChI is InChI=1S/C83H162O17P2/c1-7-11-13-15-17-19-21-23-25-27-28-30-34-38-42-46-53-59-65-80(85)93-71-78(99-82(87)67-62-56-48-44-40-36-32-31-33-37-41-45-51-57-63-75(5)9-3)73-97-101(89,90)95-69-77(84)70-96-102(91,92)98-74-79(72-94-81(86)66-60-54-50-49-52-58-64-76(6)10-4)100-83(88)68-61-55-47-43-39-35-29-26-24-22-20-18-16-14-12-8-2/h75-79,84H,7-74H2,1-6H3,(H,89,90)(H,91,92)/t75?,76?,77-,78-,79-/m1/s1. The molecule has 7 atom stereocenters. The van der Waals surface area contributed by atoms with E-state index in [0.29, 0.717) is 25.7 Å². The van der Waals surface area contributed by atoms with Crippen molar-refractivity contribution in [1.29, 1.82) is 0 Å². The number of esters is 4. The molecule has 0 rings (SSSR count). The molecule has 102 heavy (non-hydrogen) atoms. The van der Waals surface area contributed by atoms with Gasteiger partial charge in [-0.15, -0.1) is 0 Å². The second-order valence-corrected chi connectivity index (χ2v) is 33.3. The Hall–Kier alpha value is -1.94. The number of carbonyl (C=O) groups excluding carboxylic acids is 4. The number of unbranched alkanes of at least 4 members (excludes halogenated alkanes) is 50. The Kier molecular flexibility index (Phi) is 73.1. The number of rotatable bonds is 82. The van der Waals surface area contributed by atoms with Crippen LogP contribution in [0, 0.1) is 11.8 Å². The summed E-state index contributed by atoms with van der Waals surface area (Å²) in [6.07, 6.45) is 65.2. The molecule has 606 valence electrons. The lowest BCUT2D eigenvalue weighted by Crippen LogP contribution is -2.30. The molecule has 0 aromatic rings. The Labute approximate surface area is 626 Å². The highest BCUT2D eigenvalue weighted by atomic mass is 31.2. The highest BCUT2D eigenvalue weighted by Gasteiger charge is 2.30. The molecule has 0 saturated carbocycles. The lowest BCUT2D eigenvalue weighted by molar-refractivity contribution is -0.161. The van der Waals surface area contributed by atoms with E-state index in [1.165, 1.54) is 250 Å². The minimum atomic E-state index is -4.96. The number of ether oxygens (including phenoxy) is 4. The van der Waals surface area contributed by atoms with Crippen LogP contribution in [0.25, 0.3) is 0 Å². The minimum absolute atomic E-state index is 0.108. The molecule has 3 N–H and O–H groups in total. The zero-order chi connectivity index (χ0) is 74.9. The largest absolute Gasteiger partial charge is 0.472 e. The Bertz CT molecular complexity index is 1960. The molecule has 0 aromatic carbocycles. The van der Waals surface area contributed by atoms with Gasteiger partial charge in [0.15, 0.2) is 12.2 Å². The highest BCUT2D eigenvalue weighted by molar-refractivity contribution is 7.47. The van der Waals surface area contributed by atoms with E-state index in [9.17, 15) is 43.2 Å². The fourth-order valence-corrected chi connectivity index (χ4v) is 14.4. The average molecular weight is 1490 g/mol. The van der Waals surface area contributed by atoms with Crippen molar-refractivity contribution in [2.45, 2.75) is 458 Å². The van der Waals surface area contributed by atoms with Gasteiger partial charge in [-0.1, -0.05) is 388 Å². The summed E-state index contributed by atoms with van der Waals surface area (Å²) in [5, 5.41) is 10.7. The smallest absolute Gasteiger partial charge is 0.462 e. The number of hydrogen-bond acceptors (Lipinski definition) is 15. The van der Waals surface area contributed by atoms with Gasteiger partial charge in [-0.3, -0.25) is 37.3 Å². The van der Waals surface area contributed by atoms with E-state index in [-0.39, 0.29) is 25.7 Å². The third-order valence-corrected chi connectivity index (χ3v) is 22.1. The van der Waals surface area contributed by atoms with Crippen LogP contribution >= 0.6 is 15.6 Å². The van der Waals surface area contributed by atoms with Crippen molar-refractivity contribution in [3.63, 3.8) is 0 Å². The lowest BCUT2D eigenvalue weighted by Gasteiger charge is -2.21. The number of hydrogen-bond donors (Lipinski definition) is 3. The molecule has 0 spiro atoms. The average Bonchev–Trinajstić information content (AvgIpc) is 0.978. The molecule has 19 heteroatoms. The molecular weight excluding hydrogens is 1330 g/mol. The summed E-state index contributed by atoms with van der Waals surface area (Å²) in [5.41, 5.74) is 0. The quantitative estimate of drug-likeness (QED) is 0.0222. The fraction of sp³-hybridized carbons (Fsp3) is 0.952. The predicted molar refractivity (Wildman–Crippen MR) is 418 cm³/mol. The SMILES string of the molecule is CCCCCCCCCCCCCCCCCCCCC(=O)OC[C@H](COP(=O)(O)OC[C@@H](O)COP(=O)(O)OC[C@@H](COC(=O)CCCCCCCCC(C)CC)OC(=O)CCCCCCCCCCCCCCCCCC)OC(=O)CCCCCCCCCCCCCCCCC(C)CC. The summed E-state index contributed by atoms with van der Waals surface area (Å²) in [6, 6.07) is 0. The molecule has 0 bridgehead atoms. The van der Waals surface area contributed by atoms with Gasteiger partial charge in [-0.05, 0) is 37.5 Å². The Balaban J connectivity index is 5.24. The number of aliphatic hydroxyl groups is 1. The van der Waals surface area contributed by atoms with E-state index in [2.05, 4.69) is 41.5 Å². The van der Waals surface area contributed by atoms with Crippen LogP contribution in [0.15, 0.2) is 0 Å². The van der Waals surface area contributed by atoms with Crippen LogP contribution in [-0.2, 0) is 65.4 Å². The van der Waals surface area contributed by atoms with Gasteiger partial charge >= 0.3 is 39.5 Å². The Morgan fingerprint density at radius 3 is 0.696 bits per heavy atom. The molecule has 4 unspecified atom stereocenters. The summed E-state index contributed by atoms with van der Waals surface area (Å²) in [6.45, 7) is 9.67. The summed E-state index contributed by atoms with van der Waals surface area (Å²) < 4.78 is 68.8. The number of phosphoric ester groups is 2. The van der Waals surface area contributed by atoms with Gasteiger partial charge in [-0.2, -0.15) is 0 Å². The van der Waals surface area contributed by atoms with Crippen LogP contribution in [0.4, 0.5) is 0 Å². The molecule has 0 aromatic heterocycles. The number of aliphatic hydroxyl groups excluding tert-OH is 1. The molecule has 0 aliphatic heterocycles. The first-order valence-electron chi connectivity index (χ1n) is 43.1. The summed E-state index contributed by atoms with van der Waals surface area (Å²) in [7, 11) is -9.92. The first-order valence-corrected chi connectivity index (χ1v) is 46.1. The third-order valence-electron chi connectivity index (χ3n) is 20.2. The zero-order valence-electron chi connectivity index (χ0n) is 66.9. The first kappa shape index (κ1) is 100. The van der Waals surface area contributed by atoms with E-state index >= 15 is 0 Å². The van der Waals surface area contributed by atoms with Crippen molar-refractivity contribution in [2.75, 3.05) is 39.6 Å². The van der Waals surface area contributed by atoms with E-state index in [4.69, 9.17) is 37.0 Å². The molecule has 0 aliphatic carbocycles. The van der Waals surface area contributed by atoms with Crippen molar-refractivity contribution >= 4 is 39.5 Å². The van der Waals surface area contributed by atoms with E-state index in [1.54, 1.807) is 0 Å². The minimum Gasteiger partial charge on any atom is -0.462 e. The summed E-state index contributed by atoms with van der Waals surface area (Å²) >= 11 is 0. The molecular formula is C83H162O17P2.